The van der Waals surface area contributed by atoms with Gasteiger partial charge in [-0.3, -0.25) is 4.79 Å². The number of hydrogen-bond donors (Lipinski definition) is 2. The fourth-order valence-electron chi connectivity index (χ4n) is 2.03. The first-order chi connectivity index (χ1) is 11.0. The average molecular weight is 356 g/mol. The van der Waals surface area contributed by atoms with Crippen molar-refractivity contribution in [2.24, 2.45) is 0 Å². The van der Waals surface area contributed by atoms with E-state index in [1.807, 2.05) is 0 Å². The summed E-state index contributed by atoms with van der Waals surface area (Å²) in [6, 6.07) is 5.17. The number of hydrogen-bond acceptors (Lipinski definition) is 4. The number of benzene rings is 1. The highest BCUT2D eigenvalue weighted by atomic mass is 35.5. The molecule has 0 aliphatic rings. The van der Waals surface area contributed by atoms with E-state index in [-0.39, 0.29) is 11.7 Å². The van der Waals surface area contributed by atoms with Gasteiger partial charge in [0.1, 0.15) is 11.5 Å². The van der Waals surface area contributed by atoms with E-state index in [9.17, 15) is 4.79 Å². The number of amides is 1. The molecule has 0 radical (unpaired) electrons. The van der Waals surface area contributed by atoms with Crippen molar-refractivity contribution in [3.63, 3.8) is 0 Å². The lowest BCUT2D eigenvalue weighted by molar-refractivity contribution is 0.0943. The van der Waals surface area contributed by atoms with E-state index >= 15 is 0 Å². The third-order valence-corrected chi connectivity index (χ3v) is 3.75. The number of rotatable bonds is 7. The smallest absolute Gasteiger partial charge is 0.291 e. The molecular weight excluding hydrogens is 337 g/mol. The van der Waals surface area contributed by atoms with Crippen LogP contribution in [0, 0.1) is 6.92 Å². The molecule has 2 rings (SSSR count). The molecule has 0 bridgehead atoms. The third kappa shape index (κ3) is 4.43. The zero-order valence-electron chi connectivity index (χ0n) is 13.1. The number of carbonyl (C=O) groups excluding carboxylic acids is 1. The normalized spacial score (nSPS) is 10.8. The maximum atomic E-state index is 12.1. The summed E-state index contributed by atoms with van der Waals surface area (Å²) in [5.41, 5.74) is 0.518. The highest BCUT2D eigenvalue weighted by Crippen LogP contribution is 2.28. The molecule has 124 valence electrons. The molecular formula is C15H19Cl2N5O. The van der Waals surface area contributed by atoms with Crippen LogP contribution in [0.5, 0.6) is 0 Å². The molecule has 0 unspecified atom stereocenters. The summed E-state index contributed by atoms with van der Waals surface area (Å²) in [5.74, 6) is 0.302. The molecule has 0 saturated carbocycles. The van der Waals surface area contributed by atoms with Crippen LogP contribution in [0.15, 0.2) is 18.2 Å². The minimum absolute atomic E-state index is 0.0916. The minimum atomic E-state index is -0.326. The maximum Gasteiger partial charge on any atom is 0.291 e. The van der Waals surface area contributed by atoms with Gasteiger partial charge in [0.25, 0.3) is 5.91 Å². The summed E-state index contributed by atoms with van der Waals surface area (Å²) in [7, 11) is 0. The van der Waals surface area contributed by atoms with Gasteiger partial charge in [-0.25, -0.2) is 9.67 Å². The number of carbonyl (C=O) groups is 1. The predicted octanol–water partition coefficient (Wildman–Crippen LogP) is 2.61. The Balaban J connectivity index is 2.10. The van der Waals surface area contributed by atoms with E-state index in [1.165, 1.54) is 4.68 Å². The fourth-order valence-corrected chi connectivity index (χ4v) is 2.59. The summed E-state index contributed by atoms with van der Waals surface area (Å²) in [6.07, 6.45) is 1.05. The van der Waals surface area contributed by atoms with Crippen molar-refractivity contribution in [1.29, 1.82) is 0 Å². The summed E-state index contributed by atoms with van der Waals surface area (Å²) in [6.45, 7) is 5.97. The second kappa shape index (κ2) is 8.29. The molecule has 2 N–H and O–H groups in total. The van der Waals surface area contributed by atoms with Gasteiger partial charge in [-0.15, -0.1) is 5.10 Å². The van der Waals surface area contributed by atoms with Gasteiger partial charge in [0.15, 0.2) is 0 Å². The van der Waals surface area contributed by atoms with Crippen LogP contribution in [0.3, 0.4) is 0 Å². The predicted molar refractivity (Wildman–Crippen MR) is 91.6 cm³/mol. The number of halogens is 2. The number of aromatic nitrogens is 3. The van der Waals surface area contributed by atoms with E-state index in [0.29, 0.717) is 34.6 Å². The lowest BCUT2D eigenvalue weighted by Crippen LogP contribution is -2.32. The van der Waals surface area contributed by atoms with Crippen molar-refractivity contribution in [1.82, 2.24) is 25.4 Å². The molecule has 1 aromatic carbocycles. The van der Waals surface area contributed by atoms with Gasteiger partial charge in [0, 0.05) is 13.1 Å². The maximum absolute atomic E-state index is 12.1. The Morgan fingerprint density at radius 2 is 1.91 bits per heavy atom. The van der Waals surface area contributed by atoms with Crippen LogP contribution >= 0.6 is 23.2 Å². The summed E-state index contributed by atoms with van der Waals surface area (Å²) >= 11 is 12.4. The van der Waals surface area contributed by atoms with Crippen LogP contribution in [0.2, 0.25) is 10.0 Å². The first kappa shape index (κ1) is 17.7. The molecule has 23 heavy (non-hydrogen) atoms. The molecule has 1 aromatic heterocycles. The van der Waals surface area contributed by atoms with Crippen molar-refractivity contribution in [3.05, 3.63) is 39.9 Å². The van der Waals surface area contributed by atoms with Crippen LogP contribution in [0.1, 0.15) is 29.8 Å². The van der Waals surface area contributed by atoms with Gasteiger partial charge < -0.3 is 10.6 Å². The van der Waals surface area contributed by atoms with Crippen LogP contribution in [-0.2, 0) is 0 Å². The van der Waals surface area contributed by atoms with E-state index in [1.54, 1.807) is 25.1 Å². The molecule has 1 amide bonds. The van der Waals surface area contributed by atoms with Gasteiger partial charge in [-0.2, -0.15) is 0 Å². The Bertz CT molecular complexity index is 666. The van der Waals surface area contributed by atoms with Crippen LogP contribution in [-0.4, -0.2) is 40.3 Å². The van der Waals surface area contributed by atoms with Gasteiger partial charge in [-0.05, 0) is 32.0 Å². The molecule has 1 heterocycles. The van der Waals surface area contributed by atoms with Gasteiger partial charge in [-0.1, -0.05) is 36.2 Å². The quantitative estimate of drug-likeness (QED) is 0.748. The largest absolute Gasteiger partial charge is 0.348 e. The number of aryl methyl sites for hydroxylation is 1. The highest BCUT2D eigenvalue weighted by Gasteiger charge is 2.17. The lowest BCUT2D eigenvalue weighted by atomic mass is 10.3. The van der Waals surface area contributed by atoms with Gasteiger partial charge >= 0.3 is 0 Å². The number of nitrogens with one attached hydrogen (secondary N) is 2. The molecule has 0 aliphatic carbocycles. The van der Waals surface area contributed by atoms with E-state index in [4.69, 9.17) is 23.2 Å². The summed E-state index contributed by atoms with van der Waals surface area (Å²) in [4.78, 5) is 16.3. The van der Waals surface area contributed by atoms with Crippen LogP contribution in [0.4, 0.5) is 0 Å². The Morgan fingerprint density at radius 1 is 1.22 bits per heavy atom. The SMILES string of the molecule is CCCNCCNC(=O)c1nc(C)n(-c2c(Cl)cccc2Cl)n1. The molecule has 0 aliphatic heterocycles. The fraction of sp³-hybridized carbons (Fsp3) is 0.400. The number of para-hydroxylation sites is 1. The first-order valence-corrected chi connectivity index (χ1v) is 8.17. The molecule has 6 nitrogen and oxygen atoms in total. The Labute approximate surface area is 145 Å². The van der Waals surface area contributed by atoms with E-state index < -0.39 is 0 Å². The molecule has 0 saturated heterocycles. The minimum Gasteiger partial charge on any atom is -0.348 e. The second-order valence-electron chi connectivity index (χ2n) is 4.97. The molecule has 0 fully saturated rings. The first-order valence-electron chi connectivity index (χ1n) is 7.41. The third-order valence-electron chi connectivity index (χ3n) is 3.14. The molecule has 8 heteroatoms. The second-order valence-corrected chi connectivity index (χ2v) is 5.78. The standard InChI is InChI=1S/C15H19Cl2N5O/c1-3-7-18-8-9-19-15(23)14-20-10(2)22(21-14)13-11(16)5-4-6-12(13)17/h4-6,18H,3,7-9H2,1-2H3,(H,19,23). The van der Waals surface area contributed by atoms with Crippen molar-refractivity contribution >= 4 is 29.1 Å². The lowest BCUT2D eigenvalue weighted by Gasteiger charge is -2.07. The number of nitrogens with zero attached hydrogens (tertiary/aromatic N) is 3. The van der Waals surface area contributed by atoms with Crippen LogP contribution < -0.4 is 10.6 Å². The van der Waals surface area contributed by atoms with Crippen LogP contribution in [0.25, 0.3) is 5.69 Å². The Kier molecular flexibility index (Phi) is 6.38. The monoisotopic (exact) mass is 355 g/mol. The molecule has 2 aromatic rings. The molecule has 0 atom stereocenters. The molecule has 0 spiro atoms. The van der Waals surface area contributed by atoms with Gasteiger partial charge in [0.05, 0.1) is 10.0 Å². The average Bonchev–Trinajstić information content (AvgIpc) is 2.89. The zero-order valence-corrected chi connectivity index (χ0v) is 14.6. The summed E-state index contributed by atoms with van der Waals surface area (Å²) in [5, 5.41) is 11.1. The van der Waals surface area contributed by atoms with Crippen molar-refractivity contribution in [3.8, 4) is 5.69 Å². The Morgan fingerprint density at radius 3 is 2.57 bits per heavy atom. The van der Waals surface area contributed by atoms with Crippen molar-refractivity contribution < 1.29 is 4.79 Å². The van der Waals surface area contributed by atoms with E-state index in [0.717, 1.165) is 13.0 Å². The zero-order chi connectivity index (χ0) is 16.8. The Hall–Kier alpha value is -1.63. The highest BCUT2D eigenvalue weighted by molar-refractivity contribution is 6.37. The van der Waals surface area contributed by atoms with Crippen molar-refractivity contribution in [2.45, 2.75) is 20.3 Å². The topological polar surface area (TPSA) is 71.8 Å². The van der Waals surface area contributed by atoms with Crippen molar-refractivity contribution in [2.75, 3.05) is 19.6 Å². The van der Waals surface area contributed by atoms with Gasteiger partial charge in [0.2, 0.25) is 5.82 Å². The summed E-state index contributed by atoms with van der Waals surface area (Å²) < 4.78 is 1.48. The van der Waals surface area contributed by atoms with E-state index in [2.05, 4.69) is 27.6 Å².